The van der Waals surface area contributed by atoms with Crippen molar-refractivity contribution in [3.05, 3.63) is 58.6 Å². The largest absolute Gasteiger partial charge is 0.298 e. The Morgan fingerprint density at radius 3 is 2.44 bits per heavy atom. The highest BCUT2D eigenvalue weighted by Gasteiger charge is 2.07. The molecular formula is C13H7ClF2OS. The summed E-state index contributed by atoms with van der Waals surface area (Å²) in [4.78, 5) is 11.8. The summed E-state index contributed by atoms with van der Waals surface area (Å²) in [5.41, 5.74) is 0.467. The molecule has 0 atom stereocenters. The molecular weight excluding hydrogens is 278 g/mol. The Morgan fingerprint density at radius 2 is 1.83 bits per heavy atom. The maximum Gasteiger partial charge on any atom is 0.159 e. The van der Waals surface area contributed by atoms with E-state index in [0.717, 1.165) is 12.1 Å². The van der Waals surface area contributed by atoms with E-state index in [1.807, 2.05) is 0 Å². The third-order valence-electron chi connectivity index (χ3n) is 2.21. The molecule has 0 heterocycles. The Hall–Kier alpha value is -1.39. The molecule has 18 heavy (non-hydrogen) atoms. The van der Waals surface area contributed by atoms with Crippen molar-refractivity contribution in [3.8, 4) is 0 Å². The van der Waals surface area contributed by atoms with E-state index < -0.39 is 11.6 Å². The fourth-order valence-corrected chi connectivity index (χ4v) is 2.49. The van der Waals surface area contributed by atoms with Crippen LogP contribution in [0.1, 0.15) is 10.4 Å². The zero-order valence-corrected chi connectivity index (χ0v) is 10.6. The molecule has 0 fully saturated rings. The van der Waals surface area contributed by atoms with Crippen LogP contribution < -0.4 is 0 Å². The lowest BCUT2D eigenvalue weighted by molar-refractivity contribution is 0.112. The van der Waals surface area contributed by atoms with Crippen LogP contribution >= 0.6 is 23.4 Å². The minimum atomic E-state index is -0.902. The lowest BCUT2D eigenvalue weighted by Gasteiger charge is -2.05. The first-order valence-electron chi connectivity index (χ1n) is 4.98. The van der Waals surface area contributed by atoms with E-state index in [9.17, 15) is 13.6 Å². The summed E-state index contributed by atoms with van der Waals surface area (Å²) in [6, 6.07) is 8.43. The number of hydrogen-bond donors (Lipinski definition) is 0. The number of halogens is 3. The van der Waals surface area contributed by atoms with E-state index in [0.29, 0.717) is 26.7 Å². The average molecular weight is 285 g/mol. The van der Waals surface area contributed by atoms with Gasteiger partial charge >= 0.3 is 0 Å². The third kappa shape index (κ3) is 2.89. The molecule has 2 rings (SSSR count). The molecule has 0 bridgehead atoms. The van der Waals surface area contributed by atoms with Gasteiger partial charge in [0.05, 0.1) is 5.02 Å². The fourth-order valence-electron chi connectivity index (χ4n) is 1.34. The van der Waals surface area contributed by atoms with Gasteiger partial charge in [0.25, 0.3) is 0 Å². The van der Waals surface area contributed by atoms with Crippen LogP contribution in [0.2, 0.25) is 5.02 Å². The third-order valence-corrected chi connectivity index (χ3v) is 3.70. The van der Waals surface area contributed by atoms with Crippen molar-refractivity contribution in [2.75, 3.05) is 0 Å². The van der Waals surface area contributed by atoms with E-state index in [1.165, 1.54) is 23.9 Å². The number of aldehydes is 1. The van der Waals surface area contributed by atoms with Crippen molar-refractivity contribution in [2.24, 2.45) is 0 Å². The van der Waals surface area contributed by atoms with Gasteiger partial charge in [-0.1, -0.05) is 29.4 Å². The van der Waals surface area contributed by atoms with Gasteiger partial charge in [-0.2, -0.15) is 0 Å². The molecule has 0 aliphatic rings. The predicted molar refractivity (Wildman–Crippen MR) is 67.3 cm³/mol. The molecule has 0 radical (unpaired) electrons. The van der Waals surface area contributed by atoms with Gasteiger partial charge in [-0.25, -0.2) is 8.78 Å². The summed E-state index contributed by atoms with van der Waals surface area (Å²) in [7, 11) is 0. The Balaban J connectivity index is 2.28. The van der Waals surface area contributed by atoms with Gasteiger partial charge in [-0.3, -0.25) is 4.79 Å². The van der Waals surface area contributed by atoms with E-state index in [4.69, 9.17) is 11.6 Å². The summed E-state index contributed by atoms with van der Waals surface area (Å²) in [5.74, 6) is -1.79. The molecule has 0 saturated heterocycles. The molecule has 0 aromatic heterocycles. The average Bonchev–Trinajstić information content (AvgIpc) is 2.36. The van der Waals surface area contributed by atoms with Gasteiger partial charge in [0.1, 0.15) is 6.29 Å². The van der Waals surface area contributed by atoms with Crippen LogP contribution in [0, 0.1) is 11.6 Å². The minimum Gasteiger partial charge on any atom is -0.298 e. The number of carbonyl (C=O) groups is 1. The first kappa shape index (κ1) is 13.1. The van der Waals surface area contributed by atoms with Gasteiger partial charge in [-0.15, -0.1) is 0 Å². The highest BCUT2D eigenvalue weighted by molar-refractivity contribution is 7.99. The number of rotatable bonds is 3. The van der Waals surface area contributed by atoms with Crippen LogP contribution in [-0.2, 0) is 0 Å². The molecule has 2 aromatic rings. The van der Waals surface area contributed by atoms with Crippen molar-refractivity contribution >= 4 is 29.6 Å². The zero-order valence-electron chi connectivity index (χ0n) is 8.99. The summed E-state index contributed by atoms with van der Waals surface area (Å²) < 4.78 is 25.8. The number of carbonyl (C=O) groups excluding carboxylic acids is 1. The summed E-state index contributed by atoms with van der Waals surface area (Å²) in [6.07, 6.45) is 0.692. The summed E-state index contributed by atoms with van der Waals surface area (Å²) >= 11 is 7.18. The SMILES string of the molecule is O=Cc1ccc(Sc2ccc(F)c(F)c2)c(Cl)c1. The van der Waals surface area contributed by atoms with E-state index in [1.54, 1.807) is 12.1 Å². The maximum atomic E-state index is 13.0. The molecule has 0 N–H and O–H groups in total. The summed E-state index contributed by atoms with van der Waals surface area (Å²) in [5, 5.41) is 0.398. The Labute approximate surface area is 112 Å². The van der Waals surface area contributed by atoms with Gasteiger partial charge < -0.3 is 0 Å². The number of benzene rings is 2. The lowest BCUT2D eigenvalue weighted by Crippen LogP contribution is -1.85. The molecule has 0 aliphatic carbocycles. The van der Waals surface area contributed by atoms with Crippen molar-refractivity contribution in [3.63, 3.8) is 0 Å². The van der Waals surface area contributed by atoms with Gasteiger partial charge in [0.2, 0.25) is 0 Å². The van der Waals surface area contributed by atoms with Crippen LogP contribution in [0.5, 0.6) is 0 Å². The molecule has 0 amide bonds. The second-order valence-electron chi connectivity index (χ2n) is 3.49. The molecule has 0 saturated carbocycles. The second-order valence-corrected chi connectivity index (χ2v) is 5.01. The highest BCUT2D eigenvalue weighted by atomic mass is 35.5. The smallest absolute Gasteiger partial charge is 0.159 e. The van der Waals surface area contributed by atoms with Crippen LogP contribution in [0.25, 0.3) is 0 Å². The van der Waals surface area contributed by atoms with Gasteiger partial charge in [0.15, 0.2) is 11.6 Å². The van der Waals surface area contributed by atoms with E-state index >= 15 is 0 Å². The monoisotopic (exact) mass is 284 g/mol. The first-order chi connectivity index (χ1) is 8.60. The molecule has 2 aromatic carbocycles. The number of hydrogen-bond acceptors (Lipinski definition) is 2. The Kier molecular flexibility index (Phi) is 3.99. The second kappa shape index (κ2) is 5.50. The predicted octanol–water partition coefficient (Wildman–Crippen LogP) is 4.58. The van der Waals surface area contributed by atoms with Crippen molar-refractivity contribution in [1.29, 1.82) is 0 Å². The van der Waals surface area contributed by atoms with Crippen LogP contribution in [0.4, 0.5) is 8.78 Å². The summed E-state index contributed by atoms with van der Waals surface area (Å²) in [6.45, 7) is 0. The fraction of sp³-hybridized carbons (Fsp3) is 0. The standard InChI is InChI=1S/C13H7ClF2OS/c14-10-5-8(7-17)1-4-13(10)18-9-2-3-11(15)12(16)6-9/h1-7H. The molecule has 0 unspecified atom stereocenters. The van der Waals surface area contributed by atoms with Gasteiger partial charge in [-0.05, 0) is 30.3 Å². The zero-order chi connectivity index (χ0) is 13.1. The molecule has 0 aliphatic heterocycles. The van der Waals surface area contributed by atoms with Crippen LogP contribution in [-0.4, -0.2) is 6.29 Å². The van der Waals surface area contributed by atoms with Crippen LogP contribution in [0.3, 0.4) is 0 Å². The van der Waals surface area contributed by atoms with Crippen molar-refractivity contribution in [1.82, 2.24) is 0 Å². The van der Waals surface area contributed by atoms with E-state index in [-0.39, 0.29) is 0 Å². The molecule has 92 valence electrons. The minimum absolute atomic E-state index is 0.398. The Morgan fingerprint density at radius 1 is 1.06 bits per heavy atom. The molecule has 1 nitrogen and oxygen atoms in total. The maximum absolute atomic E-state index is 13.0. The van der Waals surface area contributed by atoms with E-state index in [2.05, 4.69) is 0 Å². The molecule has 5 heteroatoms. The lowest BCUT2D eigenvalue weighted by atomic mass is 10.2. The van der Waals surface area contributed by atoms with Crippen LogP contribution in [0.15, 0.2) is 46.2 Å². The molecule has 0 spiro atoms. The normalized spacial score (nSPS) is 10.4. The van der Waals surface area contributed by atoms with Crippen molar-refractivity contribution < 1.29 is 13.6 Å². The first-order valence-corrected chi connectivity index (χ1v) is 6.17. The Bertz CT molecular complexity index is 602. The topological polar surface area (TPSA) is 17.1 Å². The van der Waals surface area contributed by atoms with Crippen molar-refractivity contribution in [2.45, 2.75) is 9.79 Å². The van der Waals surface area contributed by atoms with Gasteiger partial charge in [0, 0.05) is 15.4 Å². The quantitative estimate of drug-likeness (QED) is 0.767. The highest BCUT2D eigenvalue weighted by Crippen LogP contribution is 2.34.